The molecule has 3 aliphatic rings. The Morgan fingerprint density at radius 3 is 1.73 bits per heavy atom. The molecule has 0 saturated carbocycles. The number of likely N-dealkylation sites (tertiary alicyclic amines) is 2. The summed E-state index contributed by atoms with van der Waals surface area (Å²) in [6, 6.07) is 0. The van der Waals surface area contributed by atoms with Crippen LogP contribution in [0.5, 0.6) is 0 Å². The predicted molar refractivity (Wildman–Crippen MR) is 87.9 cm³/mol. The van der Waals surface area contributed by atoms with Crippen LogP contribution >= 0.6 is 12.4 Å². The van der Waals surface area contributed by atoms with E-state index < -0.39 is 0 Å². The molecule has 0 aliphatic carbocycles. The Labute approximate surface area is 139 Å². The summed E-state index contributed by atoms with van der Waals surface area (Å²) >= 11 is 0. The molecule has 0 bridgehead atoms. The third-order valence-electron chi connectivity index (χ3n) is 5.38. The second-order valence-electron chi connectivity index (χ2n) is 6.96. The van der Waals surface area contributed by atoms with Gasteiger partial charge in [-0.05, 0) is 31.6 Å². The second-order valence-corrected chi connectivity index (χ2v) is 6.96. The molecule has 0 spiro atoms. The van der Waals surface area contributed by atoms with E-state index in [2.05, 4.69) is 17.1 Å². The number of hydrogen-bond acceptors (Lipinski definition) is 3. The van der Waals surface area contributed by atoms with Crippen molar-refractivity contribution in [1.29, 1.82) is 0 Å². The molecule has 0 unspecified atom stereocenters. The lowest BCUT2D eigenvalue weighted by Crippen LogP contribution is -2.54. The molecule has 3 saturated heterocycles. The second kappa shape index (κ2) is 7.64. The molecule has 0 aromatic heterocycles. The molecule has 2 amide bonds. The average Bonchev–Trinajstić information content (AvgIpc) is 2.46. The summed E-state index contributed by atoms with van der Waals surface area (Å²) in [7, 11) is 0. The predicted octanol–water partition coefficient (Wildman–Crippen LogP) is 1.12. The van der Waals surface area contributed by atoms with Crippen molar-refractivity contribution in [3.05, 3.63) is 0 Å². The van der Waals surface area contributed by atoms with Gasteiger partial charge in [0.05, 0.1) is 5.92 Å². The van der Waals surface area contributed by atoms with Gasteiger partial charge in [-0.1, -0.05) is 6.92 Å². The Kier molecular flexibility index (Phi) is 6.09. The molecule has 0 aromatic carbocycles. The van der Waals surface area contributed by atoms with Gasteiger partial charge in [0, 0.05) is 45.2 Å². The van der Waals surface area contributed by atoms with E-state index in [-0.39, 0.29) is 30.2 Å². The van der Waals surface area contributed by atoms with Crippen LogP contribution in [0.3, 0.4) is 0 Å². The van der Waals surface area contributed by atoms with Gasteiger partial charge < -0.3 is 15.1 Å². The number of amides is 2. The van der Waals surface area contributed by atoms with Gasteiger partial charge in [-0.3, -0.25) is 9.59 Å². The zero-order chi connectivity index (χ0) is 14.8. The Bertz CT molecular complexity index is 398. The SMILES string of the molecule is CC1CCN(C(=O)C2CCN(C(=O)C3CNC3)CC2)CC1.Cl. The molecule has 3 heterocycles. The van der Waals surface area contributed by atoms with Gasteiger partial charge in [0.1, 0.15) is 0 Å². The van der Waals surface area contributed by atoms with Crippen LogP contribution in [0.15, 0.2) is 0 Å². The number of halogens is 1. The third kappa shape index (κ3) is 3.74. The van der Waals surface area contributed by atoms with E-state index in [1.807, 2.05) is 4.90 Å². The normalized spacial score (nSPS) is 24.6. The molecule has 3 fully saturated rings. The maximum Gasteiger partial charge on any atom is 0.228 e. The Morgan fingerprint density at radius 1 is 0.818 bits per heavy atom. The average molecular weight is 330 g/mol. The number of rotatable bonds is 2. The zero-order valence-electron chi connectivity index (χ0n) is 13.4. The van der Waals surface area contributed by atoms with E-state index in [0.29, 0.717) is 5.91 Å². The quantitative estimate of drug-likeness (QED) is 0.826. The maximum absolute atomic E-state index is 12.6. The molecule has 5 nitrogen and oxygen atoms in total. The highest BCUT2D eigenvalue weighted by atomic mass is 35.5. The lowest BCUT2D eigenvalue weighted by molar-refractivity contribution is -0.144. The molecule has 22 heavy (non-hydrogen) atoms. The fourth-order valence-electron chi connectivity index (χ4n) is 3.56. The lowest BCUT2D eigenvalue weighted by atomic mass is 9.91. The van der Waals surface area contributed by atoms with E-state index >= 15 is 0 Å². The monoisotopic (exact) mass is 329 g/mol. The van der Waals surface area contributed by atoms with E-state index in [9.17, 15) is 9.59 Å². The first-order chi connectivity index (χ1) is 10.1. The van der Waals surface area contributed by atoms with Crippen molar-refractivity contribution in [1.82, 2.24) is 15.1 Å². The molecule has 3 aliphatic heterocycles. The molecular formula is C16H28ClN3O2. The molecule has 6 heteroatoms. The van der Waals surface area contributed by atoms with Crippen molar-refractivity contribution in [2.75, 3.05) is 39.3 Å². The van der Waals surface area contributed by atoms with Crippen LogP contribution in [0, 0.1) is 17.8 Å². The minimum absolute atomic E-state index is 0. The fraction of sp³-hybridized carbons (Fsp3) is 0.875. The van der Waals surface area contributed by atoms with Crippen molar-refractivity contribution in [3.8, 4) is 0 Å². The van der Waals surface area contributed by atoms with Gasteiger partial charge in [0.2, 0.25) is 11.8 Å². The summed E-state index contributed by atoms with van der Waals surface area (Å²) < 4.78 is 0. The highest BCUT2D eigenvalue weighted by Crippen LogP contribution is 2.24. The van der Waals surface area contributed by atoms with Crippen molar-refractivity contribution in [2.24, 2.45) is 17.8 Å². The number of nitrogens with one attached hydrogen (secondary N) is 1. The molecule has 0 atom stereocenters. The first-order valence-corrected chi connectivity index (χ1v) is 8.43. The Balaban J connectivity index is 0.00000176. The Morgan fingerprint density at radius 2 is 1.27 bits per heavy atom. The first kappa shape index (κ1) is 17.5. The molecule has 3 rings (SSSR count). The van der Waals surface area contributed by atoms with Gasteiger partial charge >= 0.3 is 0 Å². The van der Waals surface area contributed by atoms with Gasteiger partial charge in [-0.25, -0.2) is 0 Å². The number of hydrogen-bond donors (Lipinski definition) is 1. The summed E-state index contributed by atoms with van der Waals surface area (Å²) in [5, 5.41) is 3.15. The van der Waals surface area contributed by atoms with Crippen LogP contribution in [-0.2, 0) is 9.59 Å². The van der Waals surface area contributed by atoms with Crippen LogP contribution in [-0.4, -0.2) is 60.9 Å². The number of nitrogens with zero attached hydrogens (tertiary/aromatic N) is 2. The minimum Gasteiger partial charge on any atom is -0.342 e. The van der Waals surface area contributed by atoms with E-state index in [0.717, 1.165) is 70.9 Å². The van der Waals surface area contributed by atoms with E-state index in [1.54, 1.807) is 0 Å². The fourth-order valence-corrected chi connectivity index (χ4v) is 3.56. The standard InChI is InChI=1S/C16H27N3O2.ClH/c1-12-2-6-18(7-3-12)15(20)13-4-8-19(9-5-13)16(21)14-10-17-11-14;/h12-14,17H,2-11H2,1H3;1H. The highest BCUT2D eigenvalue weighted by Gasteiger charge is 2.34. The smallest absolute Gasteiger partial charge is 0.228 e. The largest absolute Gasteiger partial charge is 0.342 e. The van der Waals surface area contributed by atoms with Crippen LogP contribution in [0.1, 0.15) is 32.6 Å². The van der Waals surface area contributed by atoms with Gasteiger partial charge in [0.25, 0.3) is 0 Å². The molecule has 0 aromatic rings. The van der Waals surface area contributed by atoms with Gasteiger partial charge in [-0.15, -0.1) is 12.4 Å². The summed E-state index contributed by atoms with van der Waals surface area (Å²) in [5.74, 6) is 1.69. The van der Waals surface area contributed by atoms with E-state index in [1.165, 1.54) is 0 Å². The van der Waals surface area contributed by atoms with Crippen molar-refractivity contribution in [3.63, 3.8) is 0 Å². The van der Waals surface area contributed by atoms with Crippen molar-refractivity contribution >= 4 is 24.2 Å². The maximum atomic E-state index is 12.6. The summed E-state index contributed by atoms with van der Waals surface area (Å²) in [6.07, 6.45) is 3.96. The molecule has 126 valence electrons. The molecule has 0 radical (unpaired) electrons. The highest BCUT2D eigenvalue weighted by molar-refractivity contribution is 5.85. The van der Waals surface area contributed by atoms with Gasteiger partial charge in [0.15, 0.2) is 0 Å². The molecule has 1 N–H and O–H groups in total. The topological polar surface area (TPSA) is 52.7 Å². The first-order valence-electron chi connectivity index (χ1n) is 8.43. The van der Waals surface area contributed by atoms with Crippen LogP contribution in [0.25, 0.3) is 0 Å². The lowest BCUT2D eigenvalue weighted by Gasteiger charge is -2.39. The minimum atomic E-state index is 0. The number of carbonyl (C=O) groups is 2. The number of piperidine rings is 2. The van der Waals surface area contributed by atoms with Crippen LogP contribution in [0.4, 0.5) is 0 Å². The van der Waals surface area contributed by atoms with Gasteiger partial charge in [-0.2, -0.15) is 0 Å². The summed E-state index contributed by atoms with van der Waals surface area (Å²) in [6.45, 7) is 7.28. The molecular weight excluding hydrogens is 302 g/mol. The number of carbonyl (C=O) groups excluding carboxylic acids is 2. The Hall–Kier alpha value is -0.810. The van der Waals surface area contributed by atoms with Crippen LogP contribution < -0.4 is 5.32 Å². The van der Waals surface area contributed by atoms with E-state index in [4.69, 9.17) is 0 Å². The van der Waals surface area contributed by atoms with Crippen molar-refractivity contribution in [2.45, 2.75) is 32.6 Å². The third-order valence-corrected chi connectivity index (χ3v) is 5.38. The summed E-state index contributed by atoms with van der Waals surface area (Å²) in [5.41, 5.74) is 0. The summed E-state index contributed by atoms with van der Waals surface area (Å²) in [4.78, 5) is 28.8. The van der Waals surface area contributed by atoms with Crippen molar-refractivity contribution < 1.29 is 9.59 Å². The zero-order valence-corrected chi connectivity index (χ0v) is 14.2. The van der Waals surface area contributed by atoms with Crippen LogP contribution in [0.2, 0.25) is 0 Å².